The fraction of sp³-hybridized carbons (Fsp3) is 0.688. The lowest BCUT2D eigenvalue weighted by Gasteiger charge is -2.18. The molecule has 1 heterocycles. The molecule has 6 heteroatoms. The third-order valence-corrected chi connectivity index (χ3v) is 6.81. The molecule has 0 aromatic rings. The van der Waals surface area contributed by atoms with Crippen LogP contribution in [0.1, 0.15) is 6.42 Å². The maximum Gasteiger partial charge on any atom is 0.240 e. The third kappa shape index (κ3) is 2.64. The molecule has 0 radical (unpaired) electrons. The Kier molecular flexibility index (Phi) is 3.75. The van der Waals surface area contributed by atoms with Crippen molar-refractivity contribution in [1.82, 2.24) is 10.2 Å². The molecule has 1 saturated heterocycles. The summed E-state index contributed by atoms with van der Waals surface area (Å²) in [6.45, 7) is 7.25. The molecule has 0 aromatic heterocycles. The van der Waals surface area contributed by atoms with Gasteiger partial charge in [-0.05, 0) is 24.3 Å². The number of nitrogens with zero attached hydrogens (tertiary/aromatic N) is 1. The summed E-state index contributed by atoms with van der Waals surface area (Å²) >= 11 is 0. The summed E-state index contributed by atoms with van der Waals surface area (Å²) in [5.74, 6) is -0.535. The number of allylic oxidation sites excluding steroid dienone is 2. The van der Waals surface area contributed by atoms with Gasteiger partial charge in [0.25, 0.3) is 0 Å². The number of carbonyl (C=O) groups is 3. The zero-order valence-electron chi connectivity index (χ0n) is 13.5. The van der Waals surface area contributed by atoms with E-state index in [1.807, 2.05) is 0 Å². The normalized spacial score (nSPS) is 32.8. The minimum absolute atomic E-state index is 0.115. The lowest BCUT2D eigenvalue weighted by Crippen LogP contribution is -2.42. The average molecular weight is 320 g/mol. The summed E-state index contributed by atoms with van der Waals surface area (Å²) in [4.78, 5) is 38.1. The van der Waals surface area contributed by atoms with Crippen LogP contribution in [0.4, 0.5) is 0 Å². The van der Waals surface area contributed by atoms with Gasteiger partial charge in [0.1, 0.15) is 6.54 Å². The monoisotopic (exact) mass is 320 g/mol. The summed E-state index contributed by atoms with van der Waals surface area (Å²) < 4.78 is 0. The van der Waals surface area contributed by atoms with Gasteiger partial charge in [0.2, 0.25) is 17.7 Å². The van der Waals surface area contributed by atoms with Crippen molar-refractivity contribution in [3.8, 4) is 0 Å². The van der Waals surface area contributed by atoms with E-state index in [2.05, 4.69) is 37.1 Å². The van der Waals surface area contributed by atoms with Crippen LogP contribution in [-0.4, -0.2) is 43.8 Å². The summed E-state index contributed by atoms with van der Waals surface area (Å²) in [5, 5.41) is 2.85. The molecule has 5 nitrogen and oxygen atoms in total. The molecule has 0 unspecified atom stereocenters. The van der Waals surface area contributed by atoms with Crippen LogP contribution in [-0.2, 0) is 14.4 Å². The van der Waals surface area contributed by atoms with E-state index >= 15 is 0 Å². The van der Waals surface area contributed by atoms with Gasteiger partial charge in [0.15, 0.2) is 0 Å². The lowest BCUT2D eigenvalue weighted by molar-refractivity contribution is -0.144. The second-order valence-corrected chi connectivity index (χ2v) is 13.5. The standard InChI is InChI=1S/C16H24N2O3Si/c1-22(2,3)7-6-17-12(19)9-18-15(20)13-10-4-5-11(8-10)14(13)16(18)21/h4-5,10-11,13-14H,6-9H2,1-3H3,(H,17,19)/t10-,11-,13+,14+/m0/s1. The van der Waals surface area contributed by atoms with Crippen LogP contribution >= 0.6 is 0 Å². The molecule has 2 aliphatic carbocycles. The number of fused-ring (bicyclic) bond motifs is 5. The Bertz CT molecular complexity index is 522. The van der Waals surface area contributed by atoms with E-state index in [1.54, 1.807) is 0 Å². The summed E-state index contributed by atoms with van der Waals surface area (Å²) in [5.41, 5.74) is 0. The van der Waals surface area contributed by atoms with Gasteiger partial charge < -0.3 is 5.32 Å². The molecule has 2 bridgehead atoms. The van der Waals surface area contributed by atoms with Crippen LogP contribution < -0.4 is 5.32 Å². The van der Waals surface area contributed by atoms with E-state index in [0.29, 0.717) is 6.54 Å². The van der Waals surface area contributed by atoms with Gasteiger partial charge in [0, 0.05) is 14.6 Å². The quantitative estimate of drug-likeness (QED) is 0.471. The predicted octanol–water partition coefficient (Wildman–Crippen LogP) is 1.25. The SMILES string of the molecule is C[Si](C)(C)CCNC(=O)CN1C(=O)[C@H]2[C@H](C1=O)[C@H]1C=C[C@H]2C1. The van der Waals surface area contributed by atoms with Gasteiger partial charge in [0.05, 0.1) is 11.8 Å². The van der Waals surface area contributed by atoms with Crippen LogP contribution in [0.3, 0.4) is 0 Å². The van der Waals surface area contributed by atoms with E-state index in [4.69, 9.17) is 0 Å². The molecule has 120 valence electrons. The van der Waals surface area contributed by atoms with E-state index < -0.39 is 8.07 Å². The molecule has 2 fully saturated rings. The number of hydrogen-bond donors (Lipinski definition) is 1. The Labute approximate surface area is 132 Å². The third-order valence-electron chi connectivity index (χ3n) is 5.06. The number of nitrogens with one attached hydrogen (secondary N) is 1. The first-order valence-electron chi connectivity index (χ1n) is 8.08. The van der Waals surface area contributed by atoms with E-state index in [-0.39, 0.29) is 47.9 Å². The van der Waals surface area contributed by atoms with Crippen molar-refractivity contribution in [2.75, 3.05) is 13.1 Å². The molecule has 0 spiro atoms. The fourth-order valence-electron chi connectivity index (χ4n) is 3.90. The topological polar surface area (TPSA) is 66.5 Å². The summed E-state index contributed by atoms with van der Waals surface area (Å²) in [6, 6.07) is 1.000. The van der Waals surface area contributed by atoms with Gasteiger partial charge in [-0.2, -0.15) is 0 Å². The highest BCUT2D eigenvalue weighted by Crippen LogP contribution is 2.52. The van der Waals surface area contributed by atoms with E-state index in [9.17, 15) is 14.4 Å². The second-order valence-electron chi connectivity index (χ2n) is 7.92. The molecule has 1 N–H and O–H groups in total. The van der Waals surface area contributed by atoms with Crippen LogP contribution in [0.5, 0.6) is 0 Å². The smallest absolute Gasteiger partial charge is 0.240 e. The second kappa shape index (κ2) is 5.33. The number of carbonyl (C=O) groups excluding carboxylic acids is 3. The summed E-state index contributed by atoms with van der Waals surface area (Å²) in [7, 11) is -1.19. The molecule has 22 heavy (non-hydrogen) atoms. The molecule has 3 amide bonds. The molecule has 4 atom stereocenters. The maximum atomic E-state index is 12.5. The van der Waals surface area contributed by atoms with Crippen molar-refractivity contribution < 1.29 is 14.4 Å². The Morgan fingerprint density at radius 3 is 2.23 bits per heavy atom. The zero-order valence-corrected chi connectivity index (χ0v) is 14.5. The van der Waals surface area contributed by atoms with Crippen molar-refractivity contribution in [3.05, 3.63) is 12.2 Å². The Morgan fingerprint density at radius 1 is 1.18 bits per heavy atom. The molecule has 3 aliphatic rings. The van der Waals surface area contributed by atoms with E-state index in [1.165, 1.54) is 4.90 Å². The zero-order chi connectivity index (χ0) is 16.1. The van der Waals surface area contributed by atoms with Crippen molar-refractivity contribution in [2.45, 2.75) is 32.1 Å². The molecule has 0 aromatic carbocycles. The first-order chi connectivity index (χ1) is 10.3. The average Bonchev–Trinajstić information content (AvgIpc) is 3.07. The molecule has 1 saturated carbocycles. The Morgan fingerprint density at radius 2 is 1.73 bits per heavy atom. The summed E-state index contributed by atoms with van der Waals surface area (Å²) in [6.07, 6.45) is 5.05. The van der Waals surface area contributed by atoms with Crippen LogP contribution in [0, 0.1) is 23.7 Å². The highest BCUT2D eigenvalue weighted by molar-refractivity contribution is 6.76. The number of amides is 3. The van der Waals surface area contributed by atoms with E-state index in [0.717, 1.165) is 12.5 Å². The highest BCUT2D eigenvalue weighted by atomic mass is 28.3. The van der Waals surface area contributed by atoms with Gasteiger partial charge in [-0.3, -0.25) is 19.3 Å². The van der Waals surface area contributed by atoms with Crippen molar-refractivity contribution in [1.29, 1.82) is 0 Å². The van der Waals surface area contributed by atoms with Crippen LogP contribution in [0.25, 0.3) is 0 Å². The van der Waals surface area contributed by atoms with Gasteiger partial charge in [-0.15, -0.1) is 0 Å². The van der Waals surface area contributed by atoms with Crippen LogP contribution in [0.15, 0.2) is 12.2 Å². The highest BCUT2D eigenvalue weighted by Gasteiger charge is 2.59. The predicted molar refractivity (Wildman–Crippen MR) is 85.6 cm³/mol. The lowest BCUT2D eigenvalue weighted by atomic mass is 9.85. The number of hydrogen-bond acceptors (Lipinski definition) is 3. The number of likely N-dealkylation sites (tertiary alicyclic amines) is 1. The minimum Gasteiger partial charge on any atom is -0.355 e. The van der Waals surface area contributed by atoms with Gasteiger partial charge >= 0.3 is 0 Å². The van der Waals surface area contributed by atoms with Crippen LogP contribution in [0.2, 0.25) is 25.7 Å². The molecular weight excluding hydrogens is 296 g/mol. The maximum absolute atomic E-state index is 12.5. The Hall–Kier alpha value is -1.43. The first kappa shape index (κ1) is 15.5. The number of imide groups is 1. The van der Waals surface area contributed by atoms with Gasteiger partial charge in [-0.25, -0.2) is 0 Å². The van der Waals surface area contributed by atoms with Gasteiger partial charge in [-0.1, -0.05) is 31.8 Å². The van der Waals surface area contributed by atoms with Crippen molar-refractivity contribution in [3.63, 3.8) is 0 Å². The van der Waals surface area contributed by atoms with Crippen molar-refractivity contribution in [2.24, 2.45) is 23.7 Å². The van der Waals surface area contributed by atoms with Crippen molar-refractivity contribution >= 4 is 25.8 Å². The molecule has 3 rings (SSSR count). The Balaban J connectivity index is 1.57. The molecular formula is C16H24N2O3Si. The minimum atomic E-state index is -1.19. The first-order valence-corrected chi connectivity index (χ1v) is 11.8. The fourth-order valence-corrected chi connectivity index (χ4v) is 4.77. The largest absolute Gasteiger partial charge is 0.355 e. The number of rotatable bonds is 5. The molecule has 1 aliphatic heterocycles.